The molecule has 1 aliphatic rings. The molecule has 0 N–H and O–H groups in total. The predicted octanol–water partition coefficient (Wildman–Crippen LogP) is 3.97. The lowest BCUT2D eigenvalue weighted by Gasteiger charge is -1.99. The highest BCUT2D eigenvalue weighted by Gasteiger charge is 2.39. The van der Waals surface area contributed by atoms with Crippen molar-refractivity contribution in [1.29, 1.82) is 0 Å². The molecular weight excluding hydrogens is 263 g/mol. The van der Waals surface area contributed by atoms with Gasteiger partial charge in [0.2, 0.25) is 0 Å². The summed E-state index contributed by atoms with van der Waals surface area (Å²) >= 11 is 7.42. The maximum atomic E-state index is 3.71. The monoisotopic (exact) mass is 271 g/mol. The largest absolute Gasteiger partial charge is 0.161 e. The zero-order valence-corrected chi connectivity index (χ0v) is 9.68. The molecule has 0 aromatic carbocycles. The van der Waals surface area contributed by atoms with Crippen LogP contribution in [0.2, 0.25) is 0 Å². The topological polar surface area (TPSA) is 0 Å². The van der Waals surface area contributed by atoms with E-state index in [-0.39, 0.29) is 0 Å². The van der Waals surface area contributed by atoms with E-state index >= 15 is 0 Å². The molecule has 0 spiro atoms. The van der Waals surface area contributed by atoms with Crippen molar-refractivity contribution in [2.45, 2.75) is 13.8 Å². The summed E-state index contributed by atoms with van der Waals surface area (Å²) in [5.41, 5.74) is 3.13. The molecule has 0 saturated carbocycles. The Kier molecular flexibility index (Phi) is 2.41. The quantitative estimate of drug-likeness (QED) is 0.462. The van der Waals surface area contributed by atoms with Crippen molar-refractivity contribution < 1.29 is 0 Å². The average molecular weight is 273 g/mol. The molecule has 9 heavy (non-hydrogen) atoms. The van der Waals surface area contributed by atoms with Gasteiger partial charge in [0.25, 0.3) is 0 Å². The van der Waals surface area contributed by atoms with E-state index in [9.17, 15) is 0 Å². The third-order valence-corrected chi connectivity index (χ3v) is 6.55. The third-order valence-electron chi connectivity index (χ3n) is 1.67. The number of allylic oxidation sites excluding steroid dienone is 2. The lowest BCUT2D eigenvalue weighted by molar-refractivity contribution is 1.29. The first-order valence-electron chi connectivity index (χ1n) is 2.93. The summed E-state index contributed by atoms with van der Waals surface area (Å²) in [7, 11) is 0. The first-order chi connectivity index (χ1) is 4.01. The van der Waals surface area contributed by atoms with Gasteiger partial charge in [0.1, 0.15) is 12.3 Å². The van der Waals surface area contributed by atoms with E-state index in [2.05, 4.69) is 44.8 Å². The minimum Gasteiger partial charge on any atom is -0.0399 e. The van der Waals surface area contributed by atoms with E-state index < -0.39 is 4.67 Å². The summed E-state index contributed by atoms with van der Waals surface area (Å²) < 4.78 is -0.855. The van der Waals surface area contributed by atoms with Crippen molar-refractivity contribution in [3.05, 3.63) is 11.1 Å². The number of hydrogen-bond acceptors (Lipinski definition) is 0. The van der Waals surface area contributed by atoms with Crippen molar-refractivity contribution >= 4 is 35.6 Å². The van der Waals surface area contributed by atoms with Gasteiger partial charge in [0.15, 0.2) is 35.6 Å². The molecule has 0 unspecified atom stereocenters. The van der Waals surface area contributed by atoms with Gasteiger partial charge in [-0.1, -0.05) is 0 Å². The number of hydrogen-bond donors (Lipinski definition) is 0. The highest BCUT2D eigenvalue weighted by molar-refractivity contribution is 9.73. The van der Waals surface area contributed by atoms with Gasteiger partial charge < -0.3 is 0 Å². The molecule has 0 aromatic heterocycles. The SMILES string of the molecule is CC1=C(C)C[P+](Br)(Br)C1. The Balaban J connectivity index is 2.70. The van der Waals surface area contributed by atoms with Crippen molar-refractivity contribution in [2.75, 3.05) is 12.3 Å². The van der Waals surface area contributed by atoms with Crippen LogP contribution in [0.25, 0.3) is 0 Å². The molecule has 3 heteroatoms. The Hall–Kier alpha value is 1.13. The predicted molar refractivity (Wildman–Crippen MR) is 52.9 cm³/mol. The Morgan fingerprint density at radius 1 is 1.11 bits per heavy atom. The fourth-order valence-electron chi connectivity index (χ4n) is 1.02. The summed E-state index contributed by atoms with van der Waals surface area (Å²) in [6.45, 7) is 4.44. The summed E-state index contributed by atoms with van der Waals surface area (Å²) in [5, 5.41) is 0. The van der Waals surface area contributed by atoms with Crippen molar-refractivity contribution in [3.8, 4) is 0 Å². The maximum Gasteiger partial charge on any atom is 0.161 e. The van der Waals surface area contributed by atoms with Gasteiger partial charge in [-0.05, 0) is 25.0 Å². The summed E-state index contributed by atoms with van der Waals surface area (Å²) in [5.74, 6) is 0. The minimum absolute atomic E-state index is 0.855. The molecule has 0 nitrogen and oxygen atoms in total. The van der Waals surface area contributed by atoms with Gasteiger partial charge >= 0.3 is 0 Å². The second-order valence-corrected chi connectivity index (χ2v) is 15.8. The van der Waals surface area contributed by atoms with Crippen molar-refractivity contribution in [1.82, 2.24) is 0 Å². The molecule has 0 bridgehead atoms. The van der Waals surface area contributed by atoms with Crippen LogP contribution in [0.3, 0.4) is 0 Å². The molecule has 0 amide bonds. The molecule has 0 radical (unpaired) electrons. The lowest BCUT2D eigenvalue weighted by Crippen LogP contribution is -1.76. The van der Waals surface area contributed by atoms with Crippen LogP contribution in [-0.2, 0) is 0 Å². The first-order valence-corrected chi connectivity index (χ1v) is 9.12. The zero-order valence-electron chi connectivity index (χ0n) is 5.62. The van der Waals surface area contributed by atoms with E-state index in [1.807, 2.05) is 0 Å². The molecule has 52 valence electrons. The molecule has 0 fully saturated rings. The third kappa shape index (κ3) is 2.03. The van der Waals surface area contributed by atoms with Crippen LogP contribution in [0.5, 0.6) is 0 Å². The van der Waals surface area contributed by atoms with Gasteiger partial charge in [0, 0.05) is 0 Å². The lowest BCUT2D eigenvalue weighted by atomic mass is 10.2. The highest BCUT2D eigenvalue weighted by atomic mass is 79.9. The Morgan fingerprint density at radius 2 is 1.44 bits per heavy atom. The van der Waals surface area contributed by atoms with Gasteiger partial charge in [-0.25, -0.2) is 0 Å². The van der Waals surface area contributed by atoms with Crippen molar-refractivity contribution in [2.24, 2.45) is 0 Å². The van der Waals surface area contributed by atoms with E-state index in [0.29, 0.717) is 0 Å². The fraction of sp³-hybridized carbons (Fsp3) is 0.667. The van der Waals surface area contributed by atoms with Gasteiger partial charge in [-0.2, -0.15) is 0 Å². The van der Waals surface area contributed by atoms with Crippen molar-refractivity contribution in [3.63, 3.8) is 0 Å². The second kappa shape index (κ2) is 2.64. The minimum atomic E-state index is -0.855. The van der Waals surface area contributed by atoms with E-state index in [0.717, 1.165) is 0 Å². The molecule has 1 heterocycles. The molecule has 0 aliphatic carbocycles. The molecule has 0 saturated heterocycles. The van der Waals surface area contributed by atoms with Gasteiger partial charge in [-0.3, -0.25) is 0 Å². The molecule has 0 aromatic rings. The average Bonchev–Trinajstić information content (AvgIpc) is 1.79. The molecule has 0 atom stereocenters. The smallest absolute Gasteiger partial charge is 0.0399 e. The number of rotatable bonds is 0. The molecular formula is C6H10Br2P+. The Morgan fingerprint density at radius 3 is 1.56 bits per heavy atom. The first kappa shape index (κ1) is 8.23. The van der Waals surface area contributed by atoms with E-state index in [1.54, 1.807) is 11.1 Å². The zero-order chi connectivity index (χ0) is 7.07. The van der Waals surface area contributed by atoms with Crippen LogP contribution in [0.1, 0.15) is 13.8 Å². The maximum absolute atomic E-state index is 3.71. The van der Waals surface area contributed by atoms with Gasteiger partial charge in [0.05, 0.1) is 0 Å². The summed E-state index contributed by atoms with van der Waals surface area (Å²) in [6.07, 6.45) is 2.50. The van der Waals surface area contributed by atoms with Crippen LogP contribution in [0.15, 0.2) is 11.1 Å². The Bertz CT molecular complexity index is 144. The van der Waals surface area contributed by atoms with Crippen LogP contribution in [-0.4, -0.2) is 12.3 Å². The fourth-order valence-corrected chi connectivity index (χ4v) is 7.57. The molecule has 1 rings (SSSR count). The van der Waals surface area contributed by atoms with Crippen LogP contribution >= 0.6 is 35.6 Å². The normalized spacial score (nSPS) is 25.3. The van der Waals surface area contributed by atoms with Crippen LogP contribution in [0.4, 0.5) is 0 Å². The summed E-state index contributed by atoms with van der Waals surface area (Å²) in [4.78, 5) is 0. The summed E-state index contributed by atoms with van der Waals surface area (Å²) in [6, 6.07) is 0. The standard InChI is InChI=1S/C6H10Br2P/c1-5-3-9(7,8)4-6(5)2/h3-4H2,1-2H3/q+1. The van der Waals surface area contributed by atoms with E-state index in [4.69, 9.17) is 0 Å². The second-order valence-electron chi connectivity index (χ2n) is 2.64. The van der Waals surface area contributed by atoms with Crippen LogP contribution in [0, 0.1) is 0 Å². The van der Waals surface area contributed by atoms with E-state index in [1.165, 1.54) is 12.3 Å². The van der Waals surface area contributed by atoms with Crippen LogP contribution < -0.4 is 0 Å². The van der Waals surface area contributed by atoms with Gasteiger partial charge in [-0.15, -0.1) is 0 Å². The Labute approximate surface area is 72.9 Å². The highest BCUT2D eigenvalue weighted by Crippen LogP contribution is 2.77. The molecule has 1 aliphatic heterocycles. The number of halogens is 2.